The first kappa shape index (κ1) is 24.5. The monoisotopic (exact) mass is 462 g/mol. The maximum absolute atomic E-state index is 13.6. The number of halogens is 1. The molecule has 0 spiro atoms. The molecular formula is C28H31ClN2O2. The highest BCUT2D eigenvalue weighted by atomic mass is 35.5. The molecule has 0 saturated carbocycles. The van der Waals surface area contributed by atoms with Crippen molar-refractivity contribution in [2.45, 2.75) is 51.7 Å². The summed E-state index contributed by atoms with van der Waals surface area (Å²) in [6.07, 6.45) is 1.38. The minimum atomic E-state index is -0.642. The van der Waals surface area contributed by atoms with Crippen LogP contribution in [0.2, 0.25) is 5.02 Å². The van der Waals surface area contributed by atoms with Crippen molar-refractivity contribution in [2.24, 2.45) is 0 Å². The molecule has 3 aromatic rings. The van der Waals surface area contributed by atoms with Crippen molar-refractivity contribution < 1.29 is 9.59 Å². The molecule has 0 radical (unpaired) electrons. The minimum Gasteiger partial charge on any atom is -0.352 e. The Morgan fingerprint density at radius 1 is 0.879 bits per heavy atom. The van der Waals surface area contributed by atoms with Crippen molar-refractivity contribution in [2.75, 3.05) is 0 Å². The lowest BCUT2D eigenvalue weighted by molar-refractivity contribution is -0.141. The van der Waals surface area contributed by atoms with Gasteiger partial charge in [0.1, 0.15) is 6.04 Å². The SMILES string of the molecule is CCC(C)NC(=O)C(Cc1ccccc1)N(Cc1ccccc1)C(=O)Cc1ccccc1Cl. The molecule has 33 heavy (non-hydrogen) atoms. The highest BCUT2D eigenvalue weighted by Gasteiger charge is 2.31. The quantitative estimate of drug-likeness (QED) is 0.436. The molecular weight excluding hydrogens is 432 g/mol. The predicted octanol–water partition coefficient (Wildman–Crippen LogP) is 5.44. The third-order valence-corrected chi connectivity index (χ3v) is 6.14. The summed E-state index contributed by atoms with van der Waals surface area (Å²) in [7, 11) is 0. The zero-order valence-electron chi connectivity index (χ0n) is 19.2. The molecule has 0 aliphatic rings. The first-order valence-electron chi connectivity index (χ1n) is 11.4. The summed E-state index contributed by atoms with van der Waals surface area (Å²) in [5.74, 6) is -0.274. The third-order valence-electron chi connectivity index (χ3n) is 5.77. The maximum Gasteiger partial charge on any atom is 0.243 e. The van der Waals surface area contributed by atoms with Crippen LogP contribution in [0.5, 0.6) is 0 Å². The summed E-state index contributed by atoms with van der Waals surface area (Å²) in [5, 5.41) is 3.64. The van der Waals surface area contributed by atoms with Gasteiger partial charge in [-0.1, -0.05) is 97.4 Å². The number of amides is 2. The first-order valence-corrected chi connectivity index (χ1v) is 11.8. The van der Waals surface area contributed by atoms with E-state index in [1.807, 2.05) is 92.7 Å². The summed E-state index contributed by atoms with van der Waals surface area (Å²) in [6, 6.07) is 26.3. The Morgan fingerprint density at radius 2 is 1.45 bits per heavy atom. The van der Waals surface area contributed by atoms with Crippen molar-refractivity contribution in [3.8, 4) is 0 Å². The standard InChI is InChI=1S/C28H31ClN2O2/c1-3-21(2)30-28(33)26(18-22-12-6-4-7-13-22)31(20-23-14-8-5-9-15-23)27(32)19-24-16-10-11-17-25(24)29/h4-17,21,26H,3,18-20H2,1-2H3,(H,30,33). The second-order valence-corrected chi connectivity index (χ2v) is 8.71. The van der Waals surface area contributed by atoms with Crippen LogP contribution < -0.4 is 5.32 Å². The van der Waals surface area contributed by atoms with E-state index in [1.165, 1.54) is 0 Å². The van der Waals surface area contributed by atoms with Gasteiger partial charge in [-0.05, 0) is 36.1 Å². The number of benzene rings is 3. The number of hydrogen-bond donors (Lipinski definition) is 1. The average Bonchev–Trinajstić information content (AvgIpc) is 2.83. The molecule has 0 saturated heterocycles. The van der Waals surface area contributed by atoms with E-state index in [0.717, 1.165) is 23.1 Å². The molecule has 0 aromatic heterocycles. The van der Waals surface area contributed by atoms with E-state index in [-0.39, 0.29) is 24.3 Å². The van der Waals surface area contributed by atoms with E-state index < -0.39 is 6.04 Å². The lowest BCUT2D eigenvalue weighted by atomic mass is 10.0. The second kappa shape index (κ2) is 12.2. The maximum atomic E-state index is 13.6. The summed E-state index contributed by atoms with van der Waals surface area (Å²) in [6.45, 7) is 4.35. The number of nitrogens with zero attached hydrogens (tertiary/aromatic N) is 1. The van der Waals surface area contributed by atoms with Gasteiger partial charge in [0, 0.05) is 24.0 Å². The van der Waals surface area contributed by atoms with Crippen LogP contribution in [0.25, 0.3) is 0 Å². The molecule has 1 N–H and O–H groups in total. The first-order chi connectivity index (χ1) is 16.0. The van der Waals surface area contributed by atoms with E-state index in [9.17, 15) is 9.59 Å². The number of rotatable bonds is 10. The van der Waals surface area contributed by atoms with Crippen LogP contribution in [0, 0.1) is 0 Å². The third kappa shape index (κ3) is 7.19. The van der Waals surface area contributed by atoms with Crippen molar-refractivity contribution >= 4 is 23.4 Å². The Hall–Kier alpha value is -3.11. The van der Waals surface area contributed by atoms with Gasteiger partial charge in [-0.15, -0.1) is 0 Å². The van der Waals surface area contributed by atoms with Crippen LogP contribution in [0.1, 0.15) is 37.0 Å². The molecule has 3 aromatic carbocycles. The minimum absolute atomic E-state index is 0.0213. The molecule has 2 amide bonds. The van der Waals surface area contributed by atoms with Crippen molar-refractivity contribution in [3.05, 3.63) is 107 Å². The highest BCUT2D eigenvalue weighted by molar-refractivity contribution is 6.31. The van der Waals surface area contributed by atoms with Crippen LogP contribution >= 0.6 is 11.6 Å². The van der Waals surface area contributed by atoms with E-state index in [0.29, 0.717) is 18.0 Å². The van der Waals surface area contributed by atoms with Crippen molar-refractivity contribution in [3.63, 3.8) is 0 Å². The van der Waals surface area contributed by atoms with Gasteiger partial charge in [-0.25, -0.2) is 0 Å². The topological polar surface area (TPSA) is 49.4 Å². The molecule has 5 heteroatoms. The zero-order valence-corrected chi connectivity index (χ0v) is 20.0. The smallest absolute Gasteiger partial charge is 0.243 e. The summed E-state index contributed by atoms with van der Waals surface area (Å²) in [5.41, 5.74) is 2.73. The highest BCUT2D eigenvalue weighted by Crippen LogP contribution is 2.20. The van der Waals surface area contributed by atoms with E-state index in [1.54, 1.807) is 11.0 Å². The van der Waals surface area contributed by atoms with Crippen LogP contribution in [-0.2, 0) is 29.0 Å². The molecule has 0 aliphatic carbocycles. The zero-order chi connectivity index (χ0) is 23.6. The molecule has 2 unspecified atom stereocenters. The Kier molecular flexibility index (Phi) is 9.08. The van der Waals surface area contributed by atoms with Gasteiger partial charge in [0.2, 0.25) is 11.8 Å². The largest absolute Gasteiger partial charge is 0.352 e. The molecule has 0 aliphatic heterocycles. The van der Waals surface area contributed by atoms with Gasteiger partial charge in [0.15, 0.2) is 0 Å². The lowest BCUT2D eigenvalue weighted by Gasteiger charge is -2.32. The average molecular weight is 463 g/mol. The van der Waals surface area contributed by atoms with Gasteiger partial charge in [0.05, 0.1) is 6.42 Å². The second-order valence-electron chi connectivity index (χ2n) is 8.30. The normalized spacial score (nSPS) is 12.6. The van der Waals surface area contributed by atoms with Crippen LogP contribution in [0.15, 0.2) is 84.9 Å². The van der Waals surface area contributed by atoms with Crippen LogP contribution in [0.4, 0.5) is 0 Å². The van der Waals surface area contributed by atoms with Crippen molar-refractivity contribution in [1.29, 1.82) is 0 Å². The van der Waals surface area contributed by atoms with Crippen LogP contribution in [-0.4, -0.2) is 28.8 Å². The van der Waals surface area contributed by atoms with Crippen molar-refractivity contribution in [1.82, 2.24) is 10.2 Å². The fraction of sp³-hybridized carbons (Fsp3) is 0.286. The molecule has 172 valence electrons. The molecule has 3 rings (SSSR count). The van der Waals surface area contributed by atoms with E-state index in [2.05, 4.69) is 5.32 Å². The molecule has 0 bridgehead atoms. The van der Waals surface area contributed by atoms with Gasteiger partial charge in [0.25, 0.3) is 0 Å². The fourth-order valence-corrected chi connectivity index (χ4v) is 3.88. The number of carbonyl (C=O) groups excluding carboxylic acids is 2. The van der Waals surface area contributed by atoms with E-state index in [4.69, 9.17) is 11.6 Å². The Labute approximate surface area is 201 Å². The van der Waals surface area contributed by atoms with Gasteiger partial charge >= 0.3 is 0 Å². The van der Waals surface area contributed by atoms with Gasteiger partial charge < -0.3 is 10.2 Å². The Bertz CT molecular complexity index is 1040. The molecule has 0 fully saturated rings. The van der Waals surface area contributed by atoms with Gasteiger partial charge in [-0.2, -0.15) is 0 Å². The lowest BCUT2D eigenvalue weighted by Crippen LogP contribution is -2.52. The van der Waals surface area contributed by atoms with Crippen LogP contribution in [0.3, 0.4) is 0 Å². The Balaban J connectivity index is 1.96. The Morgan fingerprint density at radius 3 is 2.06 bits per heavy atom. The summed E-state index contributed by atoms with van der Waals surface area (Å²) >= 11 is 6.34. The number of hydrogen-bond acceptors (Lipinski definition) is 2. The number of nitrogens with one attached hydrogen (secondary N) is 1. The number of carbonyl (C=O) groups is 2. The predicted molar refractivity (Wildman–Crippen MR) is 134 cm³/mol. The molecule has 4 nitrogen and oxygen atoms in total. The molecule has 0 heterocycles. The summed E-state index contributed by atoms with van der Waals surface area (Å²) in [4.78, 5) is 28.8. The fourth-order valence-electron chi connectivity index (χ4n) is 3.68. The molecule has 2 atom stereocenters. The summed E-state index contributed by atoms with van der Waals surface area (Å²) < 4.78 is 0. The van der Waals surface area contributed by atoms with E-state index >= 15 is 0 Å². The van der Waals surface area contributed by atoms with Gasteiger partial charge in [-0.3, -0.25) is 9.59 Å².